The smallest absolute Gasteiger partial charge is 0.251 e. The molecule has 0 saturated heterocycles. The van der Waals surface area contributed by atoms with E-state index >= 15 is 0 Å². The molecule has 5 heteroatoms. The molecule has 2 aromatic carbocycles. The molecule has 0 aromatic heterocycles. The molecule has 0 radical (unpaired) electrons. The number of hydrogen-bond acceptors (Lipinski definition) is 1. The van der Waals surface area contributed by atoms with E-state index in [2.05, 4.69) is 37.2 Å². The quantitative estimate of drug-likeness (QED) is 0.716. The molecule has 0 heterocycles. The highest BCUT2D eigenvalue weighted by Gasteiger charge is 2.14. The van der Waals surface area contributed by atoms with Gasteiger partial charge in [0.15, 0.2) is 0 Å². The number of nitrogens with one attached hydrogen (secondary N) is 1. The van der Waals surface area contributed by atoms with Crippen LogP contribution in [0.15, 0.2) is 51.4 Å². The van der Waals surface area contributed by atoms with Crippen molar-refractivity contribution in [2.45, 2.75) is 13.0 Å². The summed E-state index contributed by atoms with van der Waals surface area (Å²) in [6.07, 6.45) is 0. The second-order valence-corrected chi connectivity index (χ2v) is 6.46. The highest BCUT2D eigenvalue weighted by molar-refractivity contribution is 9.10. The van der Waals surface area contributed by atoms with Crippen LogP contribution in [0.25, 0.3) is 0 Å². The average Bonchev–Trinajstić information content (AvgIpc) is 2.42. The van der Waals surface area contributed by atoms with Gasteiger partial charge in [0.1, 0.15) is 0 Å². The summed E-state index contributed by atoms with van der Waals surface area (Å²) >= 11 is 12.7. The van der Waals surface area contributed by atoms with Gasteiger partial charge in [0, 0.05) is 14.5 Å². The summed E-state index contributed by atoms with van der Waals surface area (Å²) in [6, 6.07) is 12.8. The van der Waals surface area contributed by atoms with Crippen LogP contribution in [0.2, 0.25) is 5.02 Å². The summed E-state index contributed by atoms with van der Waals surface area (Å²) in [5.74, 6) is -0.134. The van der Waals surface area contributed by atoms with Crippen molar-refractivity contribution in [3.05, 3.63) is 67.6 Å². The zero-order valence-electron chi connectivity index (χ0n) is 10.7. The van der Waals surface area contributed by atoms with E-state index in [-0.39, 0.29) is 11.9 Å². The zero-order chi connectivity index (χ0) is 14.7. The van der Waals surface area contributed by atoms with Crippen molar-refractivity contribution in [1.82, 2.24) is 5.32 Å². The van der Waals surface area contributed by atoms with E-state index in [0.717, 1.165) is 10.0 Å². The molecular formula is C15H12Br2ClNO. The van der Waals surface area contributed by atoms with Gasteiger partial charge < -0.3 is 5.32 Å². The summed E-state index contributed by atoms with van der Waals surface area (Å²) in [6.45, 7) is 1.95. The third kappa shape index (κ3) is 3.62. The van der Waals surface area contributed by atoms with Crippen molar-refractivity contribution in [3.63, 3.8) is 0 Å². The topological polar surface area (TPSA) is 29.1 Å². The Labute approximate surface area is 139 Å². The number of amides is 1. The van der Waals surface area contributed by atoms with E-state index in [0.29, 0.717) is 15.1 Å². The summed E-state index contributed by atoms with van der Waals surface area (Å²) in [4.78, 5) is 12.2. The number of hydrogen-bond donors (Lipinski definition) is 1. The van der Waals surface area contributed by atoms with E-state index in [9.17, 15) is 4.79 Å². The van der Waals surface area contributed by atoms with Crippen LogP contribution in [0.5, 0.6) is 0 Å². The van der Waals surface area contributed by atoms with Gasteiger partial charge in [-0.15, -0.1) is 0 Å². The van der Waals surface area contributed by atoms with Crippen LogP contribution in [-0.4, -0.2) is 5.91 Å². The second kappa shape index (κ2) is 6.74. The Hall–Kier alpha value is -0.840. The van der Waals surface area contributed by atoms with Crippen LogP contribution >= 0.6 is 43.5 Å². The van der Waals surface area contributed by atoms with E-state index in [1.54, 1.807) is 18.2 Å². The number of rotatable bonds is 3. The fourth-order valence-electron chi connectivity index (χ4n) is 1.82. The third-order valence-electron chi connectivity index (χ3n) is 2.90. The van der Waals surface area contributed by atoms with Gasteiger partial charge in [-0.25, -0.2) is 0 Å². The average molecular weight is 418 g/mol. The molecule has 0 bridgehead atoms. The number of carbonyl (C=O) groups is 1. The lowest BCUT2D eigenvalue weighted by molar-refractivity contribution is 0.0939. The summed E-state index contributed by atoms with van der Waals surface area (Å²) < 4.78 is 1.69. The lowest BCUT2D eigenvalue weighted by Crippen LogP contribution is -2.26. The first kappa shape index (κ1) is 15.5. The van der Waals surface area contributed by atoms with Crippen LogP contribution in [0.1, 0.15) is 28.9 Å². The predicted octanol–water partition coefficient (Wildman–Crippen LogP) is 5.36. The molecule has 0 aliphatic heterocycles. The Morgan fingerprint density at radius 2 is 1.85 bits per heavy atom. The monoisotopic (exact) mass is 415 g/mol. The summed E-state index contributed by atoms with van der Waals surface area (Å²) in [5, 5.41) is 3.55. The lowest BCUT2D eigenvalue weighted by atomic mass is 10.1. The third-order valence-corrected chi connectivity index (χ3v) is 4.84. The molecule has 0 aliphatic carbocycles. The molecule has 1 N–H and O–H groups in total. The van der Waals surface area contributed by atoms with Crippen molar-refractivity contribution < 1.29 is 4.79 Å². The van der Waals surface area contributed by atoms with E-state index in [1.807, 2.05) is 31.2 Å². The van der Waals surface area contributed by atoms with Gasteiger partial charge in [-0.2, -0.15) is 0 Å². The van der Waals surface area contributed by atoms with Gasteiger partial charge in [-0.1, -0.05) is 45.7 Å². The van der Waals surface area contributed by atoms with Crippen LogP contribution in [0.4, 0.5) is 0 Å². The highest BCUT2D eigenvalue weighted by atomic mass is 79.9. The molecule has 0 saturated carbocycles. The molecule has 1 atom stereocenters. The predicted molar refractivity (Wildman–Crippen MR) is 89.2 cm³/mol. The standard InChI is InChI=1S/C15H12Br2ClNO/c1-9(11-4-2-3-5-12(11)16)19-15(20)10-6-7-14(18)13(17)8-10/h2-9H,1H3,(H,19,20). The normalized spacial score (nSPS) is 12.0. The van der Waals surface area contributed by atoms with E-state index in [4.69, 9.17) is 11.6 Å². The highest BCUT2D eigenvalue weighted by Crippen LogP contribution is 2.25. The molecule has 1 unspecified atom stereocenters. The van der Waals surface area contributed by atoms with Gasteiger partial charge in [0.05, 0.1) is 11.1 Å². The Morgan fingerprint density at radius 3 is 2.50 bits per heavy atom. The van der Waals surface area contributed by atoms with Crippen molar-refractivity contribution in [2.24, 2.45) is 0 Å². The molecule has 2 aromatic rings. The molecule has 0 aliphatic rings. The maximum atomic E-state index is 12.2. The van der Waals surface area contributed by atoms with Crippen LogP contribution in [-0.2, 0) is 0 Å². The molecule has 2 nitrogen and oxygen atoms in total. The second-order valence-electron chi connectivity index (χ2n) is 4.35. The SMILES string of the molecule is CC(NC(=O)c1ccc(Cl)c(Br)c1)c1ccccc1Br. The van der Waals surface area contributed by atoms with Crippen LogP contribution in [0, 0.1) is 0 Å². The molecular weight excluding hydrogens is 405 g/mol. The molecule has 20 heavy (non-hydrogen) atoms. The number of carbonyl (C=O) groups excluding carboxylic acids is 1. The maximum Gasteiger partial charge on any atom is 0.251 e. The molecule has 2 rings (SSSR count). The largest absolute Gasteiger partial charge is 0.345 e. The lowest BCUT2D eigenvalue weighted by Gasteiger charge is -2.16. The molecule has 0 fully saturated rings. The molecule has 0 spiro atoms. The van der Waals surface area contributed by atoms with Gasteiger partial charge in [-0.3, -0.25) is 4.79 Å². The van der Waals surface area contributed by atoms with Crippen molar-refractivity contribution in [2.75, 3.05) is 0 Å². The Kier molecular flexibility index (Phi) is 5.24. The first-order valence-electron chi connectivity index (χ1n) is 5.99. The van der Waals surface area contributed by atoms with Gasteiger partial charge >= 0.3 is 0 Å². The molecule has 104 valence electrons. The minimum Gasteiger partial charge on any atom is -0.345 e. The van der Waals surface area contributed by atoms with Gasteiger partial charge in [-0.05, 0) is 52.7 Å². The van der Waals surface area contributed by atoms with E-state index in [1.165, 1.54) is 0 Å². The number of halogens is 3. The van der Waals surface area contributed by atoms with Gasteiger partial charge in [0.2, 0.25) is 0 Å². The van der Waals surface area contributed by atoms with Gasteiger partial charge in [0.25, 0.3) is 5.91 Å². The van der Waals surface area contributed by atoms with Crippen molar-refractivity contribution in [3.8, 4) is 0 Å². The maximum absolute atomic E-state index is 12.2. The number of benzene rings is 2. The fraction of sp³-hybridized carbons (Fsp3) is 0.133. The van der Waals surface area contributed by atoms with Crippen LogP contribution in [0.3, 0.4) is 0 Å². The van der Waals surface area contributed by atoms with E-state index < -0.39 is 0 Å². The molecule has 1 amide bonds. The fourth-order valence-corrected chi connectivity index (χ4v) is 2.95. The minimum absolute atomic E-state index is 0.0903. The Morgan fingerprint density at radius 1 is 1.15 bits per heavy atom. The van der Waals surface area contributed by atoms with Crippen molar-refractivity contribution >= 4 is 49.4 Å². The van der Waals surface area contributed by atoms with Crippen molar-refractivity contribution in [1.29, 1.82) is 0 Å². The zero-order valence-corrected chi connectivity index (χ0v) is 14.6. The van der Waals surface area contributed by atoms with Crippen LogP contribution < -0.4 is 5.32 Å². The first-order chi connectivity index (χ1) is 9.49. The first-order valence-corrected chi connectivity index (χ1v) is 7.96. The Bertz CT molecular complexity index is 646. The Balaban J connectivity index is 2.15. The minimum atomic E-state index is -0.134. The summed E-state index contributed by atoms with van der Waals surface area (Å²) in [7, 11) is 0. The summed E-state index contributed by atoms with van der Waals surface area (Å²) in [5.41, 5.74) is 1.61.